The Kier molecular flexibility index (Phi) is 4.53. The van der Waals surface area contributed by atoms with Crippen molar-refractivity contribution in [1.82, 2.24) is 4.90 Å². The zero-order valence-electron chi connectivity index (χ0n) is 13.4. The van der Waals surface area contributed by atoms with Gasteiger partial charge in [0, 0.05) is 18.8 Å². The van der Waals surface area contributed by atoms with Crippen molar-refractivity contribution in [3.05, 3.63) is 29.8 Å². The highest BCUT2D eigenvalue weighted by molar-refractivity contribution is 6.11. The fourth-order valence-corrected chi connectivity index (χ4v) is 3.30. The fraction of sp³-hybridized carbons (Fsp3) is 0.471. The number of hydrogen-bond acceptors (Lipinski definition) is 4. The highest BCUT2D eigenvalue weighted by atomic mass is 16.3. The Balaban J connectivity index is 1.81. The van der Waals surface area contributed by atoms with Gasteiger partial charge in [0.25, 0.3) is 0 Å². The van der Waals surface area contributed by atoms with Crippen LogP contribution in [0, 0.1) is 5.92 Å². The summed E-state index contributed by atoms with van der Waals surface area (Å²) < 4.78 is 0. The van der Waals surface area contributed by atoms with Gasteiger partial charge >= 0.3 is 0 Å². The number of anilines is 1. The number of nitrogens with zero attached hydrogens (tertiary/aromatic N) is 2. The monoisotopic (exact) mass is 331 g/mol. The minimum atomic E-state index is -0.934. The average molecular weight is 331 g/mol. The number of hydrogen-bond donors (Lipinski definition) is 2. The van der Waals surface area contributed by atoms with E-state index in [1.54, 1.807) is 17.0 Å². The lowest BCUT2D eigenvalue weighted by molar-refractivity contribution is -0.136. The summed E-state index contributed by atoms with van der Waals surface area (Å²) in [4.78, 5) is 39.8. The summed E-state index contributed by atoms with van der Waals surface area (Å²) in [7, 11) is 0. The smallest absolute Gasteiger partial charge is 0.242 e. The van der Waals surface area contributed by atoms with Crippen LogP contribution < -0.4 is 10.6 Å². The molecule has 0 aromatic heterocycles. The Morgan fingerprint density at radius 2 is 1.88 bits per heavy atom. The molecular formula is C17H21N3O4. The predicted molar refractivity (Wildman–Crippen MR) is 87.0 cm³/mol. The molecule has 1 fully saturated rings. The second kappa shape index (κ2) is 6.60. The molecule has 7 nitrogen and oxygen atoms in total. The molecule has 2 aliphatic rings. The van der Waals surface area contributed by atoms with Gasteiger partial charge < -0.3 is 20.6 Å². The maximum absolute atomic E-state index is 12.6. The van der Waals surface area contributed by atoms with Gasteiger partial charge in [-0.2, -0.15) is 0 Å². The van der Waals surface area contributed by atoms with Crippen LogP contribution in [0.15, 0.2) is 24.3 Å². The number of aliphatic hydroxyl groups excluding tert-OH is 1. The number of carbonyl (C=O) groups excluding carboxylic acids is 3. The molecule has 1 aromatic rings. The lowest BCUT2D eigenvalue weighted by Crippen LogP contribution is -2.51. The number of carbonyl (C=O) groups is 3. The zero-order valence-corrected chi connectivity index (χ0v) is 13.4. The number of likely N-dealkylation sites (tertiary alicyclic amines) is 1. The lowest BCUT2D eigenvalue weighted by atomic mass is 9.91. The molecule has 128 valence electrons. The van der Waals surface area contributed by atoms with Crippen LogP contribution in [0.1, 0.15) is 18.4 Å². The van der Waals surface area contributed by atoms with E-state index in [0.29, 0.717) is 31.6 Å². The van der Waals surface area contributed by atoms with Crippen molar-refractivity contribution < 1.29 is 19.5 Å². The van der Waals surface area contributed by atoms with Gasteiger partial charge in [-0.15, -0.1) is 0 Å². The van der Waals surface area contributed by atoms with Crippen molar-refractivity contribution in [2.75, 3.05) is 24.5 Å². The van der Waals surface area contributed by atoms with E-state index in [9.17, 15) is 19.5 Å². The SMILES string of the molecule is NC(=O)C1Cc2ccccc2N(CC(=O)N2CCC(O)CC2)C1=O. The summed E-state index contributed by atoms with van der Waals surface area (Å²) in [5.74, 6) is -2.22. The van der Waals surface area contributed by atoms with E-state index in [-0.39, 0.29) is 25.0 Å². The maximum Gasteiger partial charge on any atom is 0.242 e. The molecule has 24 heavy (non-hydrogen) atoms. The van der Waals surface area contributed by atoms with Gasteiger partial charge in [0.05, 0.1) is 6.10 Å². The van der Waals surface area contributed by atoms with E-state index >= 15 is 0 Å². The zero-order chi connectivity index (χ0) is 17.3. The summed E-state index contributed by atoms with van der Waals surface area (Å²) in [6, 6.07) is 7.24. The summed E-state index contributed by atoms with van der Waals surface area (Å²) in [6.07, 6.45) is 0.983. The minimum absolute atomic E-state index is 0.115. The molecule has 1 aromatic carbocycles. The van der Waals surface area contributed by atoms with Crippen LogP contribution in [0.2, 0.25) is 0 Å². The van der Waals surface area contributed by atoms with Crippen LogP contribution in [-0.2, 0) is 20.8 Å². The molecule has 0 spiro atoms. The highest BCUT2D eigenvalue weighted by Gasteiger charge is 2.37. The topological polar surface area (TPSA) is 104 Å². The first-order chi connectivity index (χ1) is 11.5. The summed E-state index contributed by atoms with van der Waals surface area (Å²) >= 11 is 0. The molecule has 2 heterocycles. The molecular weight excluding hydrogens is 310 g/mol. The molecule has 3 N–H and O–H groups in total. The molecule has 0 aliphatic carbocycles. The summed E-state index contributed by atoms with van der Waals surface area (Å²) in [5.41, 5.74) is 6.85. The number of nitrogens with two attached hydrogens (primary N) is 1. The van der Waals surface area contributed by atoms with Crippen molar-refractivity contribution >= 4 is 23.4 Å². The van der Waals surface area contributed by atoms with Crippen molar-refractivity contribution in [1.29, 1.82) is 0 Å². The van der Waals surface area contributed by atoms with Gasteiger partial charge in [-0.25, -0.2) is 0 Å². The molecule has 0 radical (unpaired) electrons. The second-order valence-electron chi connectivity index (χ2n) is 6.32. The van der Waals surface area contributed by atoms with E-state index < -0.39 is 17.7 Å². The van der Waals surface area contributed by atoms with Gasteiger partial charge in [-0.1, -0.05) is 18.2 Å². The first-order valence-electron chi connectivity index (χ1n) is 8.12. The van der Waals surface area contributed by atoms with Crippen molar-refractivity contribution in [2.45, 2.75) is 25.4 Å². The fourth-order valence-electron chi connectivity index (χ4n) is 3.30. The van der Waals surface area contributed by atoms with Crippen LogP contribution in [0.5, 0.6) is 0 Å². The number of piperidine rings is 1. The first-order valence-corrected chi connectivity index (χ1v) is 8.12. The molecule has 7 heteroatoms. The van der Waals surface area contributed by atoms with E-state index in [1.165, 1.54) is 4.90 Å². The van der Waals surface area contributed by atoms with E-state index in [4.69, 9.17) is 5.73 Å². The third-order valence-electron chi connectivity index (χ3n) is 4.72. The first kappa shape index (κ1) is 16.4. The van der Waals surface area contributed by atoms with Crippen LogP contribution in [0.25, 0.3) is 0 Å². The Labute approximate surface area is 140 Å². The Bertz CT molecular complexity index is 668. The molecule has 0 bridgehead atoms. The predicted octanol–water partition coefficient (Wildman–Crippen LogP) is -0.340. The summed E-state index contributed by atoms with van der Waals surface area (Å²) in [5, 5.41) is 9.54. The minimum Gasteiger partial charge on any atom is -0.393 e. The third-order valence-corrected chi connectivity index (χ3v) is 4.72. The van der Waals surface area contributed by atoms with Gasteiger partial charge in [0.2, 0.25) is 17.7 Å². The Hall–Kier alpha value is -2.41. The normalized spacial score (nSPS) is 21.5. The van der Waals surface area contributed by atoms with E-state index in [0.717, 1.165) is 5.56 Å². The number of rotatable bonds is 3. The average Bonchev–Trinajstić information content (AvgIpc) is 2.57. The molecule has 3 amide bonds. The van der Waals surface area contributed by atoms with Crippen LogP contribution >= 0.6 is 0 Å². The largest absolute Gasteiger partial charge is 0.393 e. The number of primary amides is 1. The standard InChI is InChI=1S/C17H21N3O4/c18-16(23)13-9-11-3-1-2-4-14(11)20(17(13)24)10-15(22)19-7-5-12(21)6-8-19/h1-4,12-13,21H,5-10H2,(H2,18,23). The van der Waals surface area contributed by atoms with Crippen molar-refractivity contribution in [3.8, 4) is 0 Å². The van der Waals surface area contributed by atoms with Gasteiger partial charge in [-0.05, 0) is 30.9 Å². The number of aliphatic hydroxyl groups is 1. The van der Waals surface area contributed by atoms with E-state index in [2.05, 4.69) is 0 Å². The van der Waals surface area contributed by atoms with Crippen LogP contribution in [0.3, 0.4) is 0 Å². The second-order valence-corrected chi connectivity index (χ2v) is 6.32. The number of benzene rings is 1. The van der Waals surface area contributed by atoms with Crippen LogP contribution in [0.4, 0.5) is 5.69 Å². The van der Waals surface area contributed by atoms with Gasteiger partial charge in [0.1, 0.15) is 12.5 Å². The number of para-hydroxylation sites is 1. The van der Waals surface area contributed by atoms with Gasteiger partial charge in [-0.3, -0.25) is 14.4 Å². The maximum atomic E-state index is 12.6. The molecule has 3 rings (SSSR count). The number of fused-ring (bicyclic) bond motifs is 1. The highest BCUT2D eigenvalue weighted by Crippen LogP contribution is 2.30. The molecule has 0 saturated carbocycles. The van der Waals surface area contributed by atoms with Crippen LogP contribution in [-0.4, -0.2) is 53.5 Å². The third kappa shape index (κ3) is 3.12. The molecule has 1 atom stereocenters. The molecule has 1 unspecified atom stereocenters. The Morgan fingerprint density at radius 1 is 1.21 bits per heavy atom. The molecule has 2 aliphatic heterocycles. The Morgan fingerprint density at radius 3 is 2.54 bits per heavy atom. The van der Waals surface area contributed by atoms with Crippen molar-refractivity contribution in [3.63, 3.8) is 0 Å². The number of amides is 3. The van der Waals surface area contributed by atoms with E-state index in [1.807, 2.05) is 12.1 Å². The quantitative estimate of drug-likeness (QED) is 0.740. The van der Waals surface area contributed by atoms with Crippen molar-refractivity contribution in [2.24, 2.45) is 11.7 Å². The molecule has 1 saturated heterocycles. The van der Waals surface area contributed by atoms with Gasteiger partial charge in [0.15, 0.2) is 0 Å². The lowest BCUT2D eigenvalue weighted by Gasteiger charge is -2.35. The summed E-state index contributed by atoms with van der Waals surface area (Å²) in [6.45, 7) is 0.835.